The van der Waals surface area contributed by atoms with Crippen LogP contribution in [0.4, 0.5) is 8.78 Å². The summed E-state index contributed by atoms with van der Waals surface area (Å²) in [7, 11) is 0. The number of hydrogen-bond donors (Lipinski definition) is 1. The molecule has 2 nitrogen and oxygen atoms in total. The van der Waals surface area contributed by atoms with Crippen molar-refractivity contribution in [2.75, 3.05) is 0 Å². The molecule has 0 aliphatic carbocycles. The molecule has 0 fully saturated rings. The summed E-state index contributed by atoms with van der Waals surface area (Å²) < 4.78 is 32.4. The lowest BCUT2D eigenvalue weighted by Crippen LogP contribution is -1.97. The number of benzene rings is 2. The van der Waals surface area contributed by atoms with E-state index >= 15 is 0 Å². The third-order valence-electron chi connectivity index (χ3n) is 2.49. The molecule has 2 rings (SSSR count). The molecule has 0 radical (unpaired) electrons. The first-order valence-electron chi connectivity index (χ1n) is 5.57. The highest BCUT2D eigenvalue weighted by molar-refractivity contribution is 9.10. The van der Waals surface area contributed by atoms with E-state index in [4.69, 9.17) is 4.74 Å². The molecule has 100 valence electrons. The van der Waals surface area contributed by atoms with Crippen LogP contribution in [0.1, 0.15) is 18.6 Å². The summed E-state index contributed by atoms with van der Waals surface area (Å²) in [5.41, 5.74) is 0.306. The Bertz CT molecular complexity index is 580. The van der Waals surface area contributed by atoms with E-state index in [-0.39, 0.29) is 11.5 Å². The molecule has 19 heavy (non-hydrogen) atoms. The van der Waals surface area contributed by atoms with Crippen LogP contribution < -0.4 is 4.74 Å². The topological polar surface area (TPSA) is 29.5 Å². The van der Waals surface area contributed by atoms with Gasteiger partial charge >= 0.3 is 0 Å². The Hall–Kier alpha value is -1.46. The standard InChI is InChI=1S/C14H11BrF2O2/c1-8(18)13-7-10(16)2-3-14(13)19-12-5-9(15)4-11(17)6-12/h2-8,18H,1H3/t8-/m0/s1. The van der Waals surface area contributed by atoms with E-state index in [9.17, 15) is 13.9 Å². The van der Waals surface area contributed by atoms with Gasteiger partial charge in [-0.05, 0) is 37.3 Å². The molecule has 0 heterocycles. The van der Waals surface area contributed by atoms with Gasteiger partial charge in [-0.15, -0.1) is 0 Å². The first-order valence-corrected chi connectivity index (χ1v) is 6.36. The molecule has 0 aromatic heterocycles. The molecule has 0 aliphatic heterocycles. The fourth-order valence-electron chi connectivity index (χ4n) is 1.65. The van der Waals surface area contributed by atoms with Gasteiger partial charge in [0.15, 0.2) is 0 Å². The maximum atomic E-state index is 13.2. The van der Waals surface area contributed by atoms with Crippen molar-refractivity contribution < 1.29 is 18.6 Å². The molecule has 0 bridgehead atoms. The summed E-state index contributed by atoms with van der Waals surface area (Å²) in [6, 6.07) is 7.89. The van der Waals surface area contributed by atoms with E-state index in [2.05, 4.69) is 15.9 Å². The first kappa shape index (κ1) is 14.0. The quantitative estimate of drug-likeness (QED) is 0.894. The van der Waals surface area contributed by atoms with Crippen LogP contribution in [0.15, 0.2) is 40.9 Å². The van der Waals surface area contributed by atoms with E-state index in [1.165, 1.54) is 37.3 Å². The lowest BCUT2D eigenvalue weighted by molar-refractivity contribution is 0.195. The van der Waals surface area contributed by atoms with Gasteiger partial charge < -0.3 is 9.84 Å². The Morgan fingerprint density at radius 3 is 2.47 bits per heavy atom. The number of hydrogen-bond acceptors (Lipinski definition) is 2. The highest BCUT2D eigenvalue weighted by atomic mass is 79.9. The minimum Gasteiger partial charge on any atom is -0.457 e. The summed E-state index contributed by atoms with van der Waals surface area (Å²) in [6.45, 7) is 1.50. The molecule has 0 aliphatic rings. The molecule has 2 aromatic carbocycles. The van der Waals surface area contributed by atoms with Crippen molar-refractivity contribution in [2.45, 2.75) is 13.0 Å². The molecule has 0 amide bonds. The van der Waals surface area contributed by atoms with E-state index < -0.39 is 17.7 Å². The third kappa shape index (κ3) is 3.52. The van der Waals surface area contributed by atoms with Crippen molar-refractivity contribution in [1.82, 2.24) is 0 Å². The van der Waals surface area contributed by atoms with Crippen LogP contribution in [0.5, 0.6) is 11.5 Å². The monoisotopic (exact) mass is 328 g/mol. The predicted molar refractivity (Wildman–Crippen MR) is 71.2 cm³/mol. The van der Waals surface area contributed by atoms with Crippen molar-refractivity contribution in [3.8, 4) is 11.5 Å². The average Bonchev–Trinajstić information content (AvgIpc) is 2.30. The molecule has 0 spiro atoms. The van der Waals surface area contributed by atoms with Gasteiger partial charge in [-0.3, -0.25) is 0 Å². The van der Waals surface area contributed by atoms with Crippen molar-refractivity contribution >= 4 is 15.9 Å². The zero-order chi connectivity index (χ0) is 14.0. The van der Waals surface area contributed by atoms with Gasteiger partial charge in [0.2, 0.25) is 0 Å². The second kappa shape index (κ2) is 5.67. The van der Waals surface area contributed by atoms with Gasteiger partial charge in [-0.25, -0.2) is 8.78 Å². The SMILES string of the molecule is C[C@H](O)c1cc(F)ccc1Oc1cc(F)cc(Br)c1. The summed E-state index contributed by atoms with van der Waals surface area (Å²) in [4.78, 5) is 0. The van der Waals surface area contributed by atoms with Crippen LogP contribution in [0.2, 0.25) is 0 Å². The Labute approximate surface area is 117 Å². The fraction of sp³-hybridized carbons (Fsp3) is 0.143. The fourth-order valence-corrected chi connectivity index (χ4v) is 2.10. The maximum Gasteiger partial charge on any atom is 0.133 e. The summed E-state index contributed by atoms with van der Waals surface area (Å²) in [6.07, 6.45) is -0.886. The van der Waals surface area contributed by atoms with Crippen LogP contribution in [0.25, 0.3) is 0 Å². The highest BCUT2D eigenvalue weighted by Gasteiger charge is 2.12. The second-order valence-corrected chi connectivity index (χ2v) is 4.98. The maximum absolute atomic E-state index is 13.2. The van der Waals surface area contributed by atoms with E-state index in [0.29, 0.717) is 10.0 Å². The van der Waals surface area contributed by atoms with Gasteiger partial charge in [-0.2, -0.15) is 0 Å². The molecular formula is C14H11BrF2O2. The normalized spacial score (nSPS) is 12.3. The minimum absolute atomic E-state index is 0.264. The smallest absolute Gasteiger partial charge is 0.133 e. The van der Waals surface area contributed by atoms with E-state index in [0.717, 1.165) is 0 Å². The Morgan fingerprint density at radius 1 is 1.11 bits per heavy atom. The van der Waals surface area contributed by atoms with Crippen molar-refractivity contribution in [2.24, 2.45) is 0 Å². The molecule has 2 aromatic rings. The minimum atomic E-state index is -0.886. The lowest BCUT2D eigenvalue weighted by atomic mass is 10.1. The van der Waals surface area contributed by atoms with Gasteiger partial charge in [0.05, 0.1) is 6.10 Å². The van der Waals surface area contributed by atoms with Crippen LogP contribution in [-0.4, -0.2) is 5.11 Å². The number of halogens is 3. The van der Waals surface area contributed by atoms with Crippen LogP contribution in [-0.2, 0) is 0 Å². The van der Waals surface area contributed by atoms with E-state index in [1.807, 2.05) is 0 Å². The van der Waals surface area contributed by atoms with Crippen molar-refractivity contribution in [1.29, 1.82) is 0 Å². The molecule has 0 saturated heterocycles. The van der Waals surface area contributed by atoms with Gasteiger partial charge in [0, 0.05) is 16.1 Å². The predicted octanol–water partition coefficient (Wildman–Crippen LogP) is 4.57. The number of rotatable bonds is 3. The molecule has 0 unspecified atom stereocenters. The Balaban J connectivity index is 2.37. The number of ether oxygens (including phenoxy) is 1. The molecular weight excluding hydrogens is 318 g/mol. The second-order valence-electron chi connectivity index (χ2n) is 4.07. The number of aliphatic hydroxyl groups is 1. The molecule has 1 N–H and O–H groups in total. The summed E-state index contributed by atoms with van der Waals surface area (Å²) >= 11 is 3.16. The van der Waals surface area contributed by atoms with Gasteiger partial charge in [0.1, 0.15) is 23.1 Å². The van der Waals surface area contributed by atoms with Crippen LogP contribution in [0, 0.1) is 11.6 Å². The zero-order valence-corrected chi connectivity index (χ0v) is 11.6. The van der Waals surface area contributed by atoms with Gasteiger partial charge in [-0.1, -0.05) is 15.9 Å². The highest BCUT2D eigenvalue weighted by Crippen LogP contribution is 2.31. The molecule has 5 heteroatoms. The summed E-state index contributed by atoms with van der Waals surface area (Å²) in [5.74, 6) is -0.372. The zero-order valence-electron chi connectivity index (χ0n) is 10.0. The van der Waals surface area contributed by atoms with Crippen LogP contribution in [0.3, 0.4) is 0 Å². The largest absolute Gasteiger partial charge is 0.457 e. The van der Waals surface area contributed by atoms with Crippen molar-refractivity contribution in [3.63, 3.8) is 0 Å². The number of aliphatic hydroxyl groups excluding tert-OH is 1. The van der Waals surface area contributed by atoms with Gasteiger partial charge in [0.25, 0.3) is 0 Å². The van der Waals surface area contributed by atoms with Crippen LogP contribution >= 0.6 is 15.9 Å². The molecule has 1 atom stereocenters. The molecule has 0 saturated carbocycles. The lowest BCUT2D eigenvalue weighted by Gasteiger charge is -2.13. The average molecular weight is 329 g/mol. The van der Waals surface area contributed by atoms with Crippen molar-refractivity contribution in [3.05, 3.63) is 58.1 Å². The van der Waals surface area contributed by atoms with E-state index in [1.54, 1.807) is 6.07 Å². The first-order chi connectivity index (χ1) is 8.95. The Morgan fingerprint density at radius 2 is 1.84 bits per heavy atom. The Kier molecular flexibility index (Phi) is 4.17. The third-order valence-corrected chi connectivity index (χ3v) is 2.94. The summed E-state index contributed by atoms with van der Waals surface area (Å²) in [5, 5.41) is 9.59.